The maximum Gasteiger partial charge on any atom is 0.222 e. The fraction of sp³-hybridized carbons (Fsp3) is 0.444. The smallest absolute Gasteiger partial charge is 0.222 e. The maximum absolute atomic E-state index is 10.4. The van der Waals surface area contributed by atoms with Gasteiger partial charge in [0.1, 0.15) is 0 Å². The monoisotopic (exact) mass is 386 g/mol. The number of nitrogens with one attached hydrogen (secondary N) is 1. The van der Waals surface area contributed by atoms with Crippen molar-refractivity contribution in [1.29, 1.82) is 0 Å². The van der Waals surface area contributed by atoms with Gasteiger partial charge in [0.05, 0.1) is 34.6 Å². The minimum absolute atomic E-state index is 0.549. The quantitative estimate of drug-likeness (QED) is 0.705. The first-order valence-electron chi connectivity index (χ1n) is 8.83. The third-order valence-electron chi connectivity index (χ3n) is 4.40. The number of hydrogen-bond donors (Lipinski definition) is 2. The molecule has 1 saturated heterocycles. The number of morpholine rings is 1. The van der Waals surface area contributed by atoms with Crippen molar-refractivity contribution in [2.45, 2.75) is 19.4 Å². The van der Waals surface area contributed by atoms with Crippen LogP contribution in [0.3, 0.4) is 0 Å². The minimum Gasteiger partial charge on any atom is -0.385 e. The third kappa shape index (κ3) is 3.58. The summed E-state index contributed by atoms with van der Waals surface area (Å²) in [6, 6.07) is 1.94. The number of aromatic nitrogens is 4. The molecule has 1 aliphatic rings. The second-order valence-electron chi connectivity index (χ2n) is 6.90. The number of ether oxygens (including phenoxy) is 1. The number of fused-ring (bicyclic) bond motifs is 1. The lowest BCUT2D eigenvalue weighted by molar-refractivity contribution is 0.0826. The summed E-state index contributed by atoms with van der Waals surface area (Å²) >= 11 is 1.54. The molecule has 0 amide bonds. The average Bonchev–Trinajstić information content (AvgIpc) is 3.13. The second kappa shape index (κ2) is 6.99. The van der Waals surface area contributed by atoms with E-state index in [0.29, 0.717) is 25.0 Å². The standard InChI is InChI=1S/C18H22N6O2S/c1-18(2,25)13-8-12-14(27-13)16(24-4-6-26-7-5-24)23-15(22-12)11-9-20-17(19-3)21-10-11/h8-10,25H,4-7H2,1-3H3,(H,19,20,21). The van der Waals surface area contributed by atoms with Crippen LogP contribution < -0.4 is 10.2 Å². The molecule has 3 aromatic rings. The minimum atomic E-state index is -0.925. The van der Waals surface area contributed by atoms with Gasteiger partial charge in [0.2, 0.25) is 5.95 Å². The molecule has 0 radical (unpaired) electrons. The molecule has 4 rings (SSSR count). The van der Waals surface area contributed by atoms with Crippen molar-refractivity contribution in [3.63, 3.8) is 0 Å². The summed E-state index contributed by atoms with van der Waals surface area (Å²) in [7, 11) is 1.78. The first-order valence-corrected chi connectivity index (χ1v) is 9.64. The molecule has 0 aromatic carbocycles. The Morgan fingerprint density at radius 3 is 2.52 bits per heavy atom. The van der Waals surface area contributed by atoms with Gasteiger partial charge >= 0.3 is 0 Å². The Labute approximate surface area is 161 Å². The van der Waals surface area contributed by atoms with E-state index in [2.05, 4.69) is 20.2 Å². The van der Waals surface area contributed by atoms with Gasteiger partial charge in [-0.2, -0.15) is 0 Å². The Kier molecular flexibility index (Phi) is 4.67. The number of hydrogen-bond acceptors (Lipinski definition) is 9. The third-order valence-corrected chi connectivity index (χ3v) is 5.83. The molecule has 0 bridgehead atoms. The van der Waals surface area contributed by atoms with Crippen molar-refractivity contribution in [3.8, 4) is 11.4 Å². The fourth-order valence-corrected chi connectivity index (χ4v) is 4.02. The van der Waals surface area contributed by atoms with E-state index >= 15 is 0 Å². The number of aliphatic hydroxyl groups is 1. The number of nitrogens with zero attached hydrogens (tertiary/aromatic N) is 5. The average molecular weight is 386 g/mol. The zero-order valence-electron chi connectivity index (χ0n) is 15.6. The summed E-state index contributed by atoms with van der Waals surface area (Å²) in [5.41, 5.74) is 0.647. The van der Waals surface area contributed by atoms with Crippen LogP contribution in [0.1, 0.15) is 18.7 Å². The topological polar surface area (TPSA) is 96.3 Å². The predicted molar refractivity (Wildman–Crippen MR) is 106 cm³/mol. The van der Waals surface area contributed by atoms with Crippen LogP contribution in [-0.4, -0.2) is 58.4 Å². The first kappa shape index (κ1) is 18.0. The molecule has 4 heterocycles. The van der Waals surface area contributed by atoms with Crippen LogP contribution in [0, 0.1) is 0 Å². The summed E-state index contributed by atoms with van der Waals surface area (Å²) in [6.07, 6.45) is 3.43. The van der Waals surface area contributed by atoms with Crippen LogP contribution in [0.25, 0.3) is 21.6 Å². The molecular formula is C18H22N6O2S. The normalized spacial score (nSPS) is 15.3. The molecule has 0 spiro atoms. The molecule has 142 valence electrons. The lowest BCUT2D eigenvalue weighted by Crippen LogP contribution is -2.36. The van der Waals surface area contributed by atoms with E-state index in [0.717, 1.165) is 39.6 Å². The Hall–Kier alpha value is -2.36. The van der Waals surface area contributed by atoms with E-state index in [1.807, 2.05) is 6.07 Å². The number of thiophene rings is 1. The van der Waals surface area contributed by atoms with Gasteiger partial charge in [0.25, 0.3) is 0 Å². The number of rotatable bonds is 4. The zero-order valence-corrected chi connectivity index (χ0v) is 16.4. The van der Waals surface area contributed by atoms with E-state index < -0.39 is 5.60 Å². The largest absolute Gasteiger partial charge is 0.385 e. The highest BCUT2D eigenvalue weighted by Crippen LogP contribution is 2.38. The van der Waals surface area contributed by atoms with E-state index in [-0.39, 0.29) is 0 Å². The maximum atomic E-state index is 10.4. The van der Waals surface area contributed by atoms with Crippen molar-refractivity contribution in [3.05, 3.63) is 23.3 Å². The lowest BCUT2D eigenvalue weighted by atomic mass is 10.1. The summed E-state index contributed by atoms with van der Waals surface area (Å²) in [5, 5.41) is 13.3. The van der Waals surface area contributed by atoms with Crippen LogP contribution in [-0.2, 0) is 10.3 Å². The highest BCUT2D eigenvalue weighted by atomic mass is 32.1. The SMILES string of the molecule is CNc1ncc(-c2nc(N3CCOCC3)c3sc(C(C)(C)O)cc3n2)cn1. The Morgan fingerprint density at radius 2 is 1.89 bits per heavy atom. The van der Waals surface area contributed by atoms with E-state index in [1.54, 1.807) is 33.3 Å². The highest BCUT2D eigenvalue weighted by Gasteiger charge is 2.24. The first-order chi connectivity index (χ1) is 13.0. The van der Waals surface area contributed by atoms with Gasteiger partial charge in [-0.3, -0.25) is 0 Å². The number of anilines is 2. The van der Waals surface area contributed by atoms with E-state index in [9.17, 15) is 5.11 Å². The fourth-order valence-electron chi connectivity index (χ4n) is 2.91. The van der Waals surface area contributed by atoms with Gasteiger partial charge in [-0.25, -0.2) is 19.9 Å². The molecule has 27 heavy (non-hydrogen) atoms. The van der Waals surface area contributed by atoms with Crippen molar-refractivity contribution < 1.29 is 9.84 Å². The lowest BCUT2D eigenvalue weighted by Gasteiger charge is -2.28. The molecule has 3 aromatic heterocycles. The molecule has 1 aliphatic heterocycles. The molecule has 2 N–H and O–H groups in total. The van der Waals surface area contributed by atoms with E-state index in [4.69, 9.17) is 14.7 Å². The van der Waals surface area contributed by atoms with Gasteiger partial charge in [-0.05, 0) is 19.9 Å². The van der Waals surface area contributed by atoms with Crippen LogP contribution in [0.4, 0.5) is 11.8 Å². The summed E-state index contributed by atoms with van der Waals surface area (Å²) < 4.78 is 6.46. The zero-order chi connectivity index (χ0) is 19.0. The van der Waals surface area contributed by atoms with Crippen molar-refractivity contribution >= 4 is 33.3 Å². The molecule has 9 heteroatoms. The van der Waals surface area contributed by atoms with Crippen LogP contribution in [0.15, 0.2) is 18.5 Å². The van der Waals surface area contributed by atoms with Crippen LogP contribution in [0.2, 0.25) is 0 Å². The van der Waals surface area contributed by atoms with Gasteiger partial charge in [-0.15, -0.1) is 11.3 Å². The second-order valence-corrected chi connectivity index (χ2v) is 7.95. The molecule has 1 fully saturated rings. The Morgan fingerprint density at radius 1 is 1.19 bits per heavy atom. The van der Waals surface area contributed by atoms with E-state index in [1.165, 1.54) is 11.3 Å². The predicted octanol–water partition coefficient (Wildman–Crippen LogP) is 2.25. The van der Waals surface area contributed by atoms with Gasteiger partial charge in [0, 0.05) is 37.4 Å². The molecule has 0 unspecified atom stereocenters. The summed E-state index contributed by atoms with van der Waals surface area (Å²) in [5.74, 6) is 2.00. The molecule has 0 saturated carbocycles. The van der Waals surface area contributed by atoms with Crippen molar-refractivity contribution in [2.24, 2.45) is 0 Å². The highest BCUT2D eigenvalue weighted by molar-refractivity contribution is 7.19. The van der Waals surface area contributed by atoms with Crippen molar-refractivity contribution in [2.75, 3.05) is 43.6 Å². The van der Waals surface area contributed by atoms with Gasteiger partial charge in [-0.1, -0.05) is 0 Å². The Bertz CT molecular complexity index is 945. The molecular weight excluding hydrogens is 364 g/mol. The summed E-state index contributed by atoms with van der Waals surface area (Å²) in [4.78, 5) is 21.2. The Balaban J connectivity index is 1.86. The van der Waals surface area contributed by atoms with Crippen molar-refractivity contribution in [1.82, 2.24) is 19.9 Å². The van der Waals surface area contributed by atoms with Gasteiger partial charge < -0.3 is 20.1 Å². The molecule has 8 nitrogen and oxygen atoms in total. The van der Waals surface area contributed by atoms with Crippen LogP contribution in [0.5, 0.6) is 0 Å². The summed E-state index contributed by atoms with van der Waals surface area (Å²) in [6.45, 7) is 6.46. The van der Waals surface area contributed by atoms with Crippen LogP contribution >= 0.6 is 11.3 Å². The molecule has 0 atom stereocenters. The van der Waals surface area contributed by atoms with Gasteiger partial charge in [0.15, 0.2) is 11.6 Å². The molecule has 0 aliphatic carbocycles.